The summed E-state index contributed by atoms with van der Waals surface area (Å²) < 4.78 is 34.6. The third-order valence-corrected chi connectivity index (χ3v) is 9.23. The fourth-order valence-corrected chi connectivity index (χ4v) is 5.58. The van der Waals surface area contributed by atoms with Gasteiger partial charge in [-0.15, -0.1) is 0 Å². The predicted molar refractivity (Wildman–Crippen MR) is 136 cm³/mol. The van der Waals surface area contributed by atoms with Crippen molar-refractivity contribution in [1.82, 2.24) is 0 Å². The van der Waals surface area contributed by atoms with Crippen LogP contribution in [0.3, 0.4) is 0 Å². The van der Waals surface area contributed by atoms with Crippen LogP contribution in [0, 0.1) is 16.7 Å². The number of esters is 1. The molecule has 2 atom stereocenters. The molecule has 204 valence electrons. The van der Waals surface area contributed by atoms with Gasteiger partial charge in [0.1, 0.15) is 19.8 Å². The summed E-state index contributed by atoms with van der Waals surface area (Å²) in [5.74, 6) is -0.125. The van der Waals surface area contributed by atoms with Gasteiger partial charge in [-0.25, -0.2) is 4.57 Å². The number of hydrogen-bond acceptors (Lipinski definition) is 7. The Hall–Kier alpha value is -0.500. The summed E-state index contributed by atoms with van der Waals surface area (Å²) in [5, 5.41) is 11.5. The molecule has 0 saturated heterocycles. The lowest BCUT2D eigenvalue weighted by molar-refractivity contribution is -0.870. The van der Waals surface area contributed by atoms with Gasteiger partial charge < -0.3 is 14.3 Å². The quantitative estimate of drug-likeness (QED) is 0.114. The lowest BCUT2D eigenvalue weighted by atomic mass is 9.57. The summed E-state index contributed by atoms with van der Waals surface area (Å²) >= 11 is 0. The number of carbonyl (C=O) groups is 1. The second-order valence-corrected chi connectivity index (χ2v) is 12.7. The lowest BCUT2D eigenvalue weighted by Crippen LogP contribution is -2.54. The molecule has 1 N–H and O–H groups in total. The van der Waals surface area contributed by atoms with Crippen molar-refractivity contribution in [3.05, 3.63) is 0 Å². The molecule has 0 fully saturated rings. The highest BCUT2D eigenvalue weighted by atomic mass is 31.2. The number of rotatable bonds is 18. The van der Waals surface area contributed by atoms with Gasteiger partial charge in [0, 0.05) is 7.11 Å². The molecule has 0 heterocycles. The van der Waals surface area contributed by atoms with Crippen molar-refractivity contribution in [2.45, 2.75) is 86.2 Å². The molecule has 2 unspecified atom stereocenters. The minimum atomic E-state index is -3.74. The zero-order valence-electron chi connectivity index (χ0n) is 23.7. The van der Waals surface area contributed by atoms with Gasteiger partial charge in [-0.1, -0.05) is 54.4 Å². The maximum Gasteiger partial charge on any atom is 0.474 e. The molecule has 0 rings (SSSR count). The van der Waals surface area contributed by atoms with Crippen LogP contribution in [0.1, 0.15) is 80.6 Å². The molecule has 0 aliphatic heterocycles. The van der Waals surface area contributed by atoms with Crippen LogP contribution in [0.4, 0.5) is 0 Å². The monoisotopic (exact) mass is 510 g/mol. The third kappa shape index (κ3) is 8.86. The molecular formula is C25H53NO7P+. The Bertz CT molecular complexity index is 654. The van der Waals surface area contributed by atoms with Gasteiger partial charge in [0.15, 0.2) is 0 Å². The number of nitrogens with zero attached hydrogens (tertiary/aromatic N) is 1. The second kappa shape index (κ2) is 13.7. The van der Waals surface area contributed by atoms with Crippen LogP contribution in [0.25, 0.3) is 0 Å². The van der Waals surface area contributed by atoms with E-state index in [2.05, 4.69) is 27.7 Å². The second-order valence-electron chi connectivity index (χ2n) is 10.9. The average molecular weight is 511 g/mol. The first-order valence-electron chi connectivity index (χ1n) is 12.7. The molecule has 0 amide bonds. The van der Waals surface area contributed by atoms with Gasteiger partial charge in [0.25, 0.3) is 0 Å². The minimum Gasteiger partial charge on any atom is -0.463 e. The summed E-state index contributed by atoms with van der Waals surface area (Å²) in [7, 11) is 3.52. The van der Waals surface area contributed by atoms with Gasteiger partial charge in [-0.3, -0.25) is 18.4 Å². The van der Waals surface area contributed by atoms with Gasteiger partial charge in [0.2, 0.25) is 0 Å². The molecule has 0 saturated carbocycles. The van der Waals surface area contributed by atoms with E-state index in [1.165, 1.54) is 7.11 Å². The normalized spacial score (nSPS) is 16.9. The molecule has 0 aromatic rings. The molecule has 34 heavy (non-hydrogen) atoms. The van der Waals surface area contributed by atoms with E-state index in [9.17, 15) is 14.5 Å². The van der Waals surface area contributed by atoms with Crippen molar-refractivity contribution in [3.8, 4) is 0 Å². The zero-order chi connectivity index (χ0) is 26.8. The van der Waals surface area contributed by atoms with Crippen molar-refractivity contribution >= 4 is 13.8 Å². The Balaban J connectivity index is 5.43. The van der Waals surface area contributed by atoms with Crippen molar-refractivity contribution < 1.29 is 37.3 Å². The van der Waals surface area contributed by atoms with Crippen LogP contribution in [-0.4, -0.2) is 75.8 Å². The molecule has 0 aromatic heterocycles. The fraction of sp³-hybridized carbons (Fsp3) is 0.960. The summed E-state index contributed by atoms with van der Waals surface area (Å²) in [6, 6.07) is 0. The van der Waals surface area contributed by atoms with Crippen LogP contribution >= 0.6 is 7.82 Å². The SMILES string of the molecule is CCC(CC)(CC(C)(C(=O)OCCOP(=O)(OC)OCC[N+](C)(C)C)C(O)(CC)CC)C(C)C. The van der Waals surface area contributed by atoms with Gasteiger partial charge in [-0.05, 0) is 37.5 Å². The first kappa shape index (κ1) is 33.5. The molecular weight excluding hydrogens is 457 g/mol. The van der Waals surface area contributed by atoms with E-state index in [0.717, 1.165) is 12.8 Å². The number of aliphatic hydroxyl groups is 1. The molecule has 0 aliphatic carbocycles. The standard InChI is InChI=1S/C25H53NO7P/c1-12-24(13-2,21(5)6)20-23(7,25(28,14-3)15-4)22(27)31-18-19-33-34(29,30-11)32-17-16-26(8,9)10/h21,28H,12-20H2,1-11H3/q+1. The van der Waals surface area contributed by atoms with Crippen molar-refractivity contribution in [1.29, 1.82) is 0 Å². The van der Waals surface area contributed by atoms with Crippen molar-refractivity contribution in [3.63, 3.8) is 0 Å². The predicted octanol–water partition coefficient (Wildman–Crippen LogP) is 5.43. The van der Waals surface area contributed by atoms with Crippen molar-refractivity contribution in [2.24, 2.45) is 16.7 Å². The first-order valence-corrected chi connectivity index (χ1v) is 14.1. The number of carbonyl (C=O) groups excluding carboxylic acids is 1. The highest BCUT2D eigenvalue weighted by molar-refractivity contribution is 7.48. The Kier molecular flexibility index (Phi) is 13.5. The van der Waals surface area contributed by atoms with E-state index in [-0.39, 0.29) is 25.2 Å². The highest BCUT2D eigenvalue weighted by Gasteiger charge is 2.55. The van der Waals surface area contributed by atoms with Gasteiger partial charge in [-0.2, -0.15) is 0 Å². The molecule has 9 heteroatoms. The molecule has 0 aromatic carbocycles. The Morgan fingerprint density at radius 2 is 1.44 bits per heavy atom. The fourth-order valence-electron chi connectivity index (χ4n) is 4.69. The van der Waals surface area contributed by atoms with Crippen LogP contribution in [0.2, 0.25) is 0 Å². The molecule has 0 bridgehead atoms. The van der Waals surface area contributed by atoms with E-state index in [4.69, 9.17) is 18.3 Å². The topological polar surface area (TPSA) is 91.3 Å². The number of phosphoric ester groups is 1. The van der Waals surface area contributed by atoms with E-state index < -0.39 is 24.8 Å². The molecule has 0 spiro atoms. The average Bonchev–Trinajstić information content (AvgIpc) is 2.78. The van der Waals surface area contributed by atoms with Crippen LogP contribution in [0.15, 0.2) is 0 Å². The van der Waals surface area contributed by atoms with Gasteiger partial charge >= 0.3 is 13.8 Å². The Morgan fingerprint density at radius 1 is 0.941 bits per heavy atom. The summed E-state index contributed by atoms with van der Waals surface area (Å²) in [6.45, 7) is 14.8. The maximum atomic E-state index is 13.5. The lowest BCUT2D eigenvalue weighted by Gasteiger charge is -2.49. The number of hydrogen-bond donors (Lipinski definition) is 1. The smallest absolute Gasteiger partial charge is 0.463 e. The van der Waals surface area contributed by atoms with Crippen molar-refractivity contribution in [2.75, 3.05) is 54.6 Å². The largest absolute Gasteiger partial charge is 0.474 e. The summed E-state index contributed by atoms with van der Waals surface area (Å²) in [4.78, 5) is 13.5. The molecule has 0 aliphatic rings. The van der Waals surface area contributed by atoms with Crippen LogP contribution in [-0.2, 0) is 27.7 Å². The summed E-state index contributed by atoms with van der Waals surface area (Å²) in [6.07, 6.45) is 3.20. The van der Waals surface area contributed by atoms with E-state index >= 15 is 0 Å². The van der Waals surface area contributed by atoms with Crippen LogP contribution in [0.5, 0.6) is 0 Å². The number of phosphoric acid groups is 1. The van der Waals surface area contributed by atoms with E-state index in [1.54, 1.807) is 0 Å². The molecule has 8 nitrogen and oxygen atoms in total. The number of quaternary nitrogens is 1. The number of ether oxygens (including phenoxy) is 1. The Labute approximate surface area is 208 Å². The summed E-state index contributed by atoms with van der Waals surface area (Å²) in [5.41, 5.74) is -2.40. The molecule has 0 radical (unpaired) electrons. The highest BCUT2D eigenvalue weighted by Crippen LogP contribution is 2.52. The van der Waals surface area contributed by atoms with Gasteiger partial charge in [0.05, 0.1) is 38.8 Å². The van der Waals surface area contributed by atoms with Crippen LogP contribution < -0.4 is 0 Å². The zero-order valence-corrected chi connectivity index (χ0v) is 24.6. The maximum absolute atomic E-state index is 13.5. The third-order valence-electron chi connectivity index (χ3n) is 7.79. The van der Waals surface area contributed by atoms with E-state index in [1.807, 2.05) is 41.9 Å². The first-order chi connectivity index (χ1) is 15.5. The Morgan fingerprint density at radius 3 is 1.82 bits per heavy atom. The minimum absolute atomic E-state index is 0.103. The number of likely N-dealkylation sites (N-methyl/N-ethyl adjacent to an activating group) is 1. The van der Waals surface area contributed by atoms with E-state index in [0.29, 0.717) is 36.2 Å².